The fourth-order valence-electron chi connectivity index (χ4n) is 2.62. The van der Waals surface area contributed by atoms with E-state index < -0.39 is 0 Å². The smallest absolute Gasteiger partial charge is 0.145 e. The molecular formula is C15H19FN2. The molecule has 0 heterocycles. The number of hydrogen-bond donors (Lipinski definition) is 1. The Morgan fingerprint density at radius 3 is 2.72 bits per heavy atom. The van der Waals surface area contributed by atoms with E-state index in [4.69, 9.17) is 5.26 Å². The number of benzene rings is 1. The van der Waals surface area contributed by atoms with Gasteiger partial charge in [0.1, 0.15) is 11.9 Å². The summed E-state index contributed by atoms with van der Waals surface area (Å²) in [5.41, 5.74) is 0.830. The van der Waals surface area contributed by atoms with Crippen LogP contribution in [0.2, 0.25) is 0 Å². The predicted octanol–water partition coefficient (Wildman–Crippen LogP) is 3.51. The highest BCUT2D eigenvalue weighted by Crippen LogP contribution is 2.28. The summed E-state index contributed by atoms with van der Waals surface area (Å²) in [5.74, 6) is -0.382. The predicted molar refractivity (Wildman–Crippen MR) is 69.4 cm³/mol. The molecule has 1 fully saturated rings. The van der Waals surface area contributed by atoms with Crippen LogP contribution in [0.5, 0.6) is 0 Å². The van der Waals surface area contributed by atoms with Gasteiger partial charge < -0.3 is 5.32 Å². The van der Waals surface area contributed by atoms with Crippen molar-refractivity contribution < 1.29 is 4.39 Å². The lowest BCUT2D eigenvalue weighted by atomic mass is 9.83. The van der Waals surface area contributed by atoms with Crippen molar-refractivity contribution in [3.05, 3.63) is 35.1 Å². The molecule has 0 spiro atoms. The van der Waals surface area contributed by atoms with Crippen LogP contribution in [-0.4, -0.2) is 5.54 Å². The number of hydrogen-bond acceptors (Lipinski definition) is 2. The van der Waals surface area contributed by atoms with Gasteiger partial charge in [-0.25, -0.2) is 4.39 Å². The fourth-order valence-corrected chi connectivity index (χ4v) is 2.62. The third kappa shape index (κ3) is 2.88. The third-order valence-corrected chi connectivity index (χ3v) is 3.86. The molecule has 1 N–H and O–H groups in total. The summed E-state index contributed by atoms with van der Waals surface area (Å²) in [7, 11) is 0. The van der Waals surface area contributed by atoms with Crippen molar-refractivity contribution >= 4 is 0 Å². The molecule has 0 aliphatic heterocycles. The average Bonchev–Trinajstić information content (AvgIpc) is 2.38. The van der Waals surface area contributed by atoms with Crippen LogP contribution in [0.15, 0.2) is 18.2 Å². The highest BCUT2D eigenvalue weighted by Gasteiger charge is 2.26. The zero-order chi connectivity index (χ0) is 13.0. The first-order valence-electron chi connectivity index (χ1n) is 6.57. The third-order valence-electron chi connectivity index (χ3n) is 3.86. The van der Waals surface area contributed by atoms with E-state index in [0.717, 1.165) is 12.8 Å². The molecular weight excluding hydrogens is 227 g/mol. The van der Waals surface area contributed by atoms with Crippen molar-refractivity contribution in [2.75, 3.05) is 0 Å². The van der Waals surface area contributed by atoms with Crippen LogP contribution in [0.4, 0.5) is 4.39 Å². The second-order valence-electron chi connectivity index (χ2n) is 5.37. The van der Waals surface area contributed by atoms with Crippen LogP contribution in [0.1, 0.15) is 50.2 Å². The van der Waals surface area contributed by atoms with Crippen LogP contribution < -0.4 is 5.32 Å². The lowest BCUT2D eigenvalue weighted by molar-refractivity contribution is 0.251. The second-order valence-corrected chi connectivity index (χ2v) is 5.37. The first-order chi connectivity index (χ1) is 8.64. The maximum Gasteiger partial charge on any atom is 0.145 e. The fraction of sp³-hybridized carbons (Fsp3) is 0.533. The molecule has 0 saturated heterocycles. The van der Waals surface area contributed by atoms with E-state index in [9.17, 15) is 4.39 Å². The topological polar surface area (TPSA) is 35.8 Å². The van der Waals surface area contributed by atoms with Crippen LogP contribution in [0.25, 0.3) is 0 Å². The molecule has 2 nitrogen and oxygen atoms in total. The monoisotopic (exact) mass is 246 g/mol. The first-order valence-corrected chi connectivity index (χ1v) is 6.57. The van der Waals surface area contributed by atoms with Gasteiger partial charge in [-0.2, -0.15) is 5.26 Å². The molecule has 1 saturated carbocycles. The molecule has 0 unspecified atom stereocenters. The first kappa shape index (κ1) is 13.0. The summed E-state index contributed by atoms with van der Waals surface area (Å²) in [4.78, 5) is 0. The maximum absolute atomic E-state index is 13.9. The van der Waals surface area contributed by atoms with Crippen molar-refractivity contribution in [3.63, 3.8) is 0 Å². The standard InChI is InChI=1S/C15H19FN2/c1-15(8-3-2-4-9-15)18-11-13-7-5-6-12(10-17)14(13)16/h5-7,18H,2-4,8-9,11H2,1H3. The van der Waals surface area contributed by atoms with Gasteiger partial charge in [-0.15, -0.1) is 0 Å². The Hall–Kier alpha value is -1.40. The normalized spacial score (nSPS) is 18.3. The van der Waals surface area contributed by atoms with E-state index in [1.165, 1.54) is 25.3 Å². The highest BCUT2D eigenvalue weighted by atomic mass is 19.1. The molecule has 1 aliphatic carbocycles. The number of nitriles is 1. The van der Waals surface area contributed by atoms with E-state index in [0.29, 0.717) is 12.1 Å². The Morgan fingerprint density at radius 2 is 2.06 bits per heavy atom. The number of nitrogens with one attached hydrogen (secondary N) is 1. The van der Waals surface area contributed by atoms with Gasteiger partial charge in [0, 0.05) is 17.6 Å². The van der Waals surface area contributed by atoms with Gasteiger partial charge in [-0.3, -0.25) is 0 Å². The lowest BCUT2D eigenvalue weighted by Crippen LogP contribution is -2.43. The Balaban J connectivity index is 2.04. The molecule has 3 heteroatoms. The Bertz CT molecular complexity index is 456. The maximum atomic E-state index is 13.9. The minimum absolute atomic E-state index is 0.118. The summed E-state index contributed by atoms with van der Waals surface area (Å²) < 4.78 is 13.9. The summed E-state index contributed by atoms with van der Waals surface area (Å²) in [5, 5.41) is 12.3. The summed E-state index contributed by atoms with van der Waals surface area (Å²) in [6, 6.07) is 6.88. The zero-order valence-corrected chi connectivity index (χ0v) is 10.8. The molecule has 1 aromatic rings. The Kier molecular flexibility index (Phi) is 3.98. The van der Waals surface area contributed by atoms with Gasteiger partial charge in [0.05, 0.1) is 5.56 Å². The Labute approximate surface area is 108 Å². The lowest BCUT2D eigenvalue weighted by Gasteiger charge is -2.35. The van der Waals surface area contributed by atoms with E-state index in [2.05, 4.69) is 12.2 Å². The van der Waals surface area contributed by atoms with E-state index in [1.54, 1.807) is 12.1 Å². The van der Waals surface area contributed by atoms with Crippen molar-refractivity contribution in [1.29, 1.82) is 5.26 Å². The minimum atomic E-state index is -0.382. The minimum Gasteiger partial charge on any atom is -0.307 e. The SMILES string of the molecule is CC1(NCc2cccc(C#N)c2F)CCCCC1. The van der Waals surface area contributed by atoms with Crippen LogP contribution in [0.3, 0.4) is 0 Å². The van der Waals surface area contributed by atoms with Gasteiger partial charge in [-0.05, 0) is 25.8 Å². The zero-order valence-electron chi connectivity index (χ0n) is 10.8. The number of halogens is 1. The second kappa shape index (κ2) is 5.49. The molecule has 1 aliphatic rings. The van der Waals surface area contributed by atoms with E-state index in [1.807, 2.05) is 6.07 Å². The largest absolute Gasteiger partial charge is 0.307 e. The van der Waals surface area contributed by atoms with Gasteiger partial charge in [-0.1, -0.05) is 31.4 Å². The Morgan fingerprint density at radius 1 is 1.33 bits per heavy atom. The van der Waals surface area contributed by atoms with Crippen molar-refractivity contribution in [3.8, 4) is 6.07 Å². The molecule has 0 aromatic heterocycles. The van der Waals surface area contributed by atoms with Crippen molar-refractivity contribution in [2.24, 2.45) is 0 Å². The molecule has 0 amide bonds. The molecule has 0 radical (unpaired) electrons. The summed E-state index contributed by atoms with van der Waals surface area (Å²) >= 11 is 0. The molecule has 0 bridgehead atoms. The van der Waals surface area contributed by atoms with Gasteiger partial charge >= 0.3 is 0 Å². The summed E-state index contributed by atoms with van der Waals surface area (Å²) in [6.07, 6.45) is 6.07. The summed E-state index contributed by atoms with van der Waals surface area (Å²) in [6.45, 7) is 2.70. The van der Waals surface area contributed by atoms with Crippen molar-refractivity contribution in [1.82, 2.24) is 5.32 Å². The quantitative estimate of drug-likeness (QED) is 0.886. The average molecular weight is 246 g/mol. The van der Waals surface area contributed by atoms with Crippen molar-refractivity contribution in [2.45, 2.75) is 51.1 Å². The van der Waals surface area contributed by atoms with Crippen LogP contribution in [-0.2, 0) is 6.54 Å². The van der Waals surface area contributed by atoms with Crippen LogP contribution >= 0.6 is 0 Å². The van der Waals surface area contributed by atoms with E-state index >= 15 is 0 Å². The molecule has 0 atom stereocenters. The molecule has 18 heavy (non-hydrogen) atoms. The molecule has 1 aromatic carbocycles. The van der Waals surface area contributed by atoms with Crippen LogP contribution in [0, 0.1) is 17.1 Å². The van der Waals surface area contributed by atoms with Gasteiger partial charge in [0.15, 0.2) is 0 Å². The molecule has 96 valence electrons. The van der Waals surface area contributed by atoms with Gasteiger partial charge in [0.25, 0.3) is 0 Å². The molecule has 2 rings (SSSR count). The number of nitrogens with zero attached hydrogens (tertiary/aromatic N) is 1. The highest BCUT2D eigenvalue weighted by molar-refractivity contribution is 5.34. The number of rotatable bonds is 3. The van der Waals surface area contributed by atoms with Gasteiger partial charge in [0.2, 0.25) is 0 Å². The van der Waals surface area contributed by atoms with E-state index in [-0.39, 0.29) is 16.9 Å².